The number of alkyl halides is 2. The molecule has 1 unspecified atom stereocenters. The Morgan fingerprint density at radius 2 is 1.11 bits per heavy atom. The molecule has 1 aliphatic rings. The molecule has 0 heterocycles. The van der Waals surface area contributed by atoms with Gasteiger partial charge in [-0.1, -0.05) is 67.9 Å². The fraction of sp³-hybridized carbons (Fsp3) is 0.189. The summed E-state index contributed by atoms with van der Waals surface area (Å²) in [6.07, 6.45) is -1.30. The molecule has 45 heavy (non-hydrogen) atoms. The molecule has 8 heteroatoms. The van der Waals surface area contributed by atoms with E-state index in [-0.39, 0.29) is 11.1 Å². The van der Waals surface area contributed by atoms with Gasteiger partial charge in [0.15, 0.2) is 0 Å². The van der Waals surface area contributed by atoms with Gasteiger partial charge in [0.25, 0.3) is 0 Å². The fourth-order valence-corrected chi connectivity index (χ4v) is 5.85. The number of ether oxygens (including phenoxy) is 1. The minimum atomic E-state index is -4.63. The minimum absolute atomic E-state index is 0.213. The van der Waals surface area contributed by atoms with Crippen LogP contribution in [0.1, 0.15) is 35.6 Å². The molecule has 0 radical (unpaired) electrons. The predicted molar refractivity (Wildman–Crippen MR) is 159 cm³/mol. The van der Waals surface area contributed by atoms with E-state index in [4.69, 9.17) is 0 Å². The third-order valence-corrected chi connectivity index (χ3v) is 8.47. The summed E-state index contributed by atoms with van der Waals surface area (Å²) in [5, 5.41) is 0. The molecule has 0 N–H and O–H groups in total. The van der Waals surface area contributed by atoms with Gasteiger partial charge in [-0.15, -0.1) is 0 Å². The molecule has 1 aliphatic carbocycles. The second-order valence-electron chi connectivity index (χ2n) is 11.4. The second-order valence-corrected chi connectivity index (χ2v) is 11.4. The lowest BCUT2D eigenvalue weighted by molar-refractivity contribution is -0.189. The van der Waals surface area contributed by atoms with Crippen molar-refractivity contribution in [3.8, 4) is 39.1 Å². The van der Waals surface area contributed by atoms with Crippen LogP contribution in [0.2, 0.25) is 0 Å². The first-order valence-electron chi connectivity index (χ1n) is 14.5. The van der Waals surface area contributed by atoms with Crippen LogP contribution in [0.5, 0.6) is 5.75 Å². The fourth-order valence-electron chi connectivity index (χ4n) is 5.85. The Kier molecular flexibility index (Phi) is 7.93. The highest BCUT2D eigenvalue weighted by atomic mass is 19.3. The summed E-state index contributed by atoms with van der Waals surface area (Å²) in [4.78, 5) is 0. The molecule has 1 nitrogen and oxygen atoms in total. The molecule has 0 amide bonds. The Labute approximate surface area is 255 Å². The number of halogens is 7. The number of hydrogen-bond acceptors (Lipinski definition) is 1. The van der Waals surface area contributed by atoms with Crippen molar-refractivity contribution in [3.63, 3.8) is 0 Å². The number of hydrogen-bond donors (Lipinski definition) is 0. The summed E-state index contributed by atoms with van der Waals surface area (Å²) in [6, 6.07) is 20.3. The number of fused-ring (bicyclic) bond motifs is 1. The Hall–Kier alpha value is -4.59. The Balaban J connectivity index is 1.23. The van der Waals surface area contributed by atoms with Crippen LogP contribution < -0.4 is 4.74 Å². The van der Waals surface area contributed by atoms with Gasteiger partial charge in [-0.2, -0.15) is 8.78 Å². The third kappa shape index (κ3) is 5.93. The zero-order valence-corrected chi connectivity index (χ0v) is 24.3. The smallest absolute Gasteiger partial charge is 0.429 e. The quantitative estimate of drug-likeness (QED) is 0.165. The molecule has 5 aromatic rings. The monoisotopic (exact) mass is 620 g/mol. The van der Waals surface area contributed by atoms with Crippen LogP contribution in [0.3, 0.4) is 0 Å². The molecular formula is C37H27F7O. The topological polar surface area (TPSA) is 9.23 Å². The van der Waals surface area contributed by atoms with Crippen molar-refractivity contribution in [2.24, 2.45) is 5.92 Å². The van der Waals surface area contributed by atoms with E-state index in [2.05, 4.69) is 29.9 Å². The van der Waals surface area contributed by atoms with E-state index in [0.717, 1.165) is 37.3 Å². The van der Waals surface area contributed by atoms with Gasteiger partial charge in [0.2, 0.25) is 0 Å². The largest absolute Gasteiger partial charge is 0.432 e. The van der Waals surface area contributed by atoms with E-state index in [9.17, 15) is 26.3 Å². The molecule has 5 aromatic carbocycles. The van der Waals surface area contributed by atoms with Crippen LogP contribution in [0.4, 0.5) is 30.7 Å². The lowest BCUT2D eigenvalue weighted by atomic mass is 9.96. The molecule has 0 fully saturated rings. The SMILES string of the molecule is CCC1Cc2ccc(-c3ccc(-c4ccc(-c5cc(F)c(C(F)(F)Oc6cc(F)c(C)c(F)c6)c(F)c5)c(F)c4)cc3)cc2C1. The van der Waals surface area contributed by atoms with Crippen LogP contribution >= 0.6 is 0 Å². The predicted octanol–water partition coefficient (Wildman–Crippen LogP) is 10.9. The normalized spacial score (nSPS) is 14.5. The third-order valence-electron chi connectivity index (χ3n) is 8.47. The van der Waals surface area contributed by atoms with Gasteiger partial charge in [0.1, 0.15) is 40.4 Å². The van der Waals surface area contributed by atoms with Crippen LogP contribution in [-0.4, -0.2) is 0 Å². The van der Waals surface area contributed by atoms with E-state index in [1.165, 1.54) is 23.3 Å². The van der Waals surface area contributed by atoms with Gasteiger partial charge < -0.3 is 4.74 Å². The standard InChI is InChI=1S/C37H27F7O/c1-3-21-12-24-8-9-25(14-27(24)13-21)22-4-6-23(7-5-22)26-10-11-30(33(40)15-26)28-16-34(41)36(35(42)17-28)37(43,44)45-29-18-31(38)20(2)32(39)19-29/h4-11,14-19,21H,3,12-13H2,1-2H3. The second kappa shape index (κ2) is 11.7. The first-order valence-corrected chi connectivity index (χ1v) is 14.5. The summed E-state index contributed by atoms with van der Waals surface area (Å²) in [5.74, 6) is -6.89. The Bertz CT molecular complexity index is 1870. The minimum Gasteiger partial charge on any atom is -0.429 e. The van der Waals surface area contributed by atoms with Gasteiger partial charge in [-0.25, -0.2) is 22.0 Å². The number of rotatable bonds is 7. The molecule has 0 spiro atoms. The van der Waals surface area contributed by atoms with Crippen molar-refractivity contribution < 1.29 is 35.5 Å². The van der Waals surface area contributed by atoms with Crippen LogP contribution in [0.15, 0.2) is 84.9 Å². The first kappa shape index (κ1) is 30.4. The molecule has 1 atom stereocenters. The lowest BCUT2D eigenvalue weighted by Gasteiger charge is -2.20. The molecule has 0 aromatic heterocycles. The molecule has 0 saturated carbocycles. The average molecular weight is 621 g/mol. The average Bonchev–Trinajstić information content (AvgIpc) is 3.42. The van der Waals surface area contributed by atoms with Crippen molar-refractivity contribution in [3.05, 3.63) is 136 Å². The Morgan fingerprint density at radius 1 is 0.600 bits per heavy atom. The van der Waals surface area contributed by atoms with Gasteiger partial charge >= 0.3 is 6.11 Å². The van der Waals surface area contributed by atoms with E-state index in [1.807, 2.05) is 24.3 Å². The highest BCUT2D eigenvalue weighted by molar-refractivity contribution is 5.74. The summed E-state index contributed by atoms with van der Waals surface area (Å²) in [7, 11) is 0. The Morgan fingerprint density at radius 3 is 1.69 bits per heavy atom. The van der Waals surface area contributed by atoms with Crippen molar-refractivity contribution >= 4 is 0 Å². The molecular weight excluding hydrogens is 593 g/mol. The van der Waals surface area contributed by atoms with E-state index < -0.39 is 52.1 Å². The zero-order chi connectivity index (χ0) is 32.0. The van der Waals surface area contributed by atoms with E-state index in [0.29, 0.717) is 41.3 Å². The molecule has 230 valence electrons. The zero-order valence-electron chi connectivity index (χ0n) is 24.3. The first-order chi connectivity index (χ1) is 21.4. The van der Waals surface area contributed by atoms with Gasteiger partial charge in [-0.05, 0) is 82.8 Å². The summed E-state index contributed by atoms with van der Waals surface area (Å²) in [5.41, 5.74) is 3.36. The highest BCUT2D eigenvalue weighted by Crippen LogP contribution is 2.39. The summed E-state index contributed by atoms with van der Waals surface area (Å²) < 4.78 is 107. The van der Waals surface area contributed by atoms with Gasteiger partial charge in [0.05, 0.1) is 0 Å². The van der Waals surface area contributed by atoms with Crippen LogP contribution in [-0.2, 0) is 19.0 Å². The summed E-state index contributed by atoms with van der Waals surface area (Å²) >= 11 is 0. The van der Waals surface area contributed by atoms with Gasteiger partial charge in [0, 0.05) is 23.3 Å². The number of benzene rings is 5. The van der Waals surface area contributed by atoms with E-state index in [1.54, 1.807) is 6.07 Å². The van der Waals surface area contributed by atoms with Crippen LogP contribution in [0.25, 0.3) is 33.4 Å². The molecule has 6 rings (SSSR count). The van der Waals surface area contributed by atoms with Crippen molar-refractivity contribution in [2.45, 2.75) is 39.2 Å². The van der Waals surface area contributed by atoms with Gasteiger partial charge in [-0.3, -0.25) is 0 Å². The highest BCUT2D eigenvalue weighted by Gasteiger charge is 2.41. The van der Waals surface area contributed by atoms with Crippen molar-refractivity contribution in [1.82, 2.24) is 0 Å². The molecule has 0 saturated heterocycles. The maximum atomic E-state index is 15.3. The maximum Gasteiger partial charge on any atom is 0.432 e. The molecule has 0 aliphatic heterocycles. The molecule has 0 bridgehead atoms. The van der Waals surface area contributed by atoms with E-state index >= 15 is 4.39 Å². The summed E-state index contributed by atoms with van der Waals surface area (Å²) in [6.45, 7) is 3.29. The van der Waals surface area contributed by atoms with Crippen LogP contribution in [0, 0.1) is 41.9 Å². The lowest BCUT2D eigenvalue weighted by Crippen LogP contribution is -2.25. The van der Waals surface area contributed by atoms with Crippen molar-refractivity contribution in [1.29, 1.82) is 0 Å². The maximum absolute atomic E-state index is 15.3. The van der Waals surface area contributed by atoms with Crippen molar-refractivity contribution in [2.75, 3.05) is 0 Å².